The fraction of sp³-hybridized carbons (Fsp3) is 0.564. The van der Waals surface area contributed by atoms with E-state index in [1.54, 1.807) is 4.90 Å². The predicted octanol–water partition coefficient (Wildman–Crippen LogP) is 8.93. The van der Waals surface area contributed by atoms with Gasteiger partial charge in [-0.25, -0.2) is 19.6 Å². The maximum Gasteiger partial charge on any atom is 0.410 e. The third-order valence-corrected chi connectivity index (χ3v) is 10.2. The molecule has 7 rings (SSSR count). The van der Waals surface area contributed by atoms with Gasteiger partial charge in [-0.3, -0.25) is 14.8 Å². The van der Waals surface area contributed by atoms with Gasteiger partial charge in [-0.2, -0.15) is 0 Å². The Kier molecular flexibility index (Phi) is 9.11. The lowest BCUT2D eigenvalue weighted by Gasteiger charge is -2.28. The molecular weight excluding hydrogens is 630 g/mol. The molecule has 3 aliphatic rings. The van der Waals surface area contributed by atoms with E-state index >= 15 is 0 Å². The van der Waals surface area contributed by atoms with Crippen molar-refractivity contribution >= 4 is 23.1 Å². The van der Waals surface area contributed by atoms with Crippen LogP contribution in [0.2, 0.25) is 0 Å². The highest BCUT2D eigenvalue weighted by Crippen LogP contribution is 2.41. The minimum Gasteiger partial charge on any atom is -0.444 e. The lowest BCUT2D eigenvalue weighted by Crippen LogP contribution is -2.36. The van der Waals surface area contributed by atoms with Crippen LogP contribution in [-0.2, 0) is 9.47 Å². The van der Waals surface area contributed by atoms with Gasteiger partial charge in [0.05, 0.1) is 29.5 Å². The minimum absolute atomic E-state index is 0.0607. The van der Waals surface area contributed by atoms with Gasteiger partial charge < -0.3 is 19.4 Å². The van der Waals surface area contributed by atoms with E-state index < -0.39 is 11.2 Å². The van der Waals surface area contributed by atoms with E-state index in [2.05, 4.69) is 45.3 Å². The summed E-state index contributed by atoms with van der Waals surface area (Å²) in [5.41, 5.74) is 4.22. The van der Waals surface area contributed by atoms with Gasteiger partial charge in [0.25, 0.3) is 0 Å². The Morgan fingerprint density at radius 1 is 0.720 bits per heavy atom. The zero-order valence-corrected chi connectivity index (χ0v) is 30.3. The highest BCUT2D eigenvalue weighted by molar-refractivity contribution is 5.84. The van der Waals surface area contributed by atoms with Crippen LogP contribution in [0.3, 0.4) is 0 Å². The van der Waals surface area contributed by atoms with E-state index in [1.165, 1.54) is 5.69 Å². The summed E-state index contributed by atoms with van der Waals surface area (Å²) >= 11 is 0. The third-order valence-electron chi connectivity index (χ3n) is 10.2. The molecule has 50 heavy (non-hydrogen) atoms. The molecule has 2 saturated heterocycles. The number of nitrogens with zero attached hydrogens (tertiary/aromatic N) is 5. The van der Waals surface area contributed by atoms with Gasteiger partial charge in [0.15, 0.2) is 0 Å². The smallest absolute Gasteiger partial charge is 0.410 e. The molecule has 3 fully saturated rings. The first-order chi connectivity index (χ1) is 23.8. The lowest BCUT2D eigenvalue weighted by molar-refractivity contribution is 0.0208. The summed E-state index contributed by atoms with van der Waals surface area (Å²) in [4.78, 5) is 50.9. The first kappa shape index (κ1) is 34.1. The summed E-state index contributed by atoms with van der Waals surface area (Å²) in [6.45, 7) is 12.7. The quantitative estimate of drug-likeness (QED) is 0.215. The fourth-order valence-corrected chi connectivity index (χ4v) is 7.80. The number of rotatable bonds is 5. The molecule has 11 nitrogen and oxygen atoms in total. The monoisotopic (exact) mass is 681 g/mol. The number of hydrogen-bond acceptors (Lipinski definition) is 7. The Morgan fingerprint density at radius 2 is 1.30 bits per heavy atom. The molecule has 0 spiro atoms. The number of likely N-dealkylation sites (tertiary alicyclic amines) is 2. The van der Waals surface area contributed by atoms with Crippen molar-refractivity contribution in [2.75, 3.05) is 13.1 Å². The number of fused-ring (bicyclic) bond motifs is 1. The fourth-order valence-electron chi connectivity index (χ4n) is 7.80. The van der Waals surface area contributed by atoms with E-state index in [9.17, 15) is 9.59 Å². The molecule has 0 bridgehead atoms. The summed E-state index contributed by atoms with van der Waals surface area (Å²) < 4.78 is 11.3. The number of amides is 2. The molecule has 2 N–H and O–H groups in total. The standard InChI is InChI=1S/C39H51N7O4/c1-38(2,3)49-36(47)45-19-7-9-32(45)34-40-22-30(43-34)25-13-11-24(12-14-25)28-17-15-26-21-27(16-18-29(26)42-28)31-23-41-35(44-31)33-10-8-20-46(33)37(48)50-39(4,5)6/h15-18,21-25,32-33H,7-14,19-20H2,1-6H3,(H,40,43)(H,41,44)/t24?,25?,32-,33-/m0/s1. The van der Waals surface area contributed by atoms with Crippen LogP contribution in [0.1, 0.15) is 140 Å². The summed E-state index contributed by atoms with van der Waals surface area (Å²) in [6, 6.07) is 10.5. The number of hydrogen-bond donors (Lipinski definition) is 2. The molecule has 1 aromatic carbocycles. The van der Waals surface area contributed by atoms with E-state index in [1.807, 2.05) is 58.8 Å². The third kappa shape index (κ3) is 7.37. The second-order valence-corrected chi connectivity index (χ2v) is 16.3. The van der Waals surface area contributed by atoms with Crippen LogP contribution < -0.4 is 0 Å². The number of carbonyl (C=O) groups is 2. The molecule has 4 aromatic rings. The molecule has 1 saturated carbocycles. The van der Waals surface area contributed by atoms with Crippen LogP contribution >= 0.6 is 0 Å². The van der Waals surface area contributed by atoms with E-state index in [0.29, 0.717) is 24.9 Å². The minimum atomic E-state index is -0.536. The predicted molar refractivity (Wildman–Crippen MR) is 192 cm³/mol. The van der Waals surface area contributed by atoms with Crippen molar-refractivity contribution in [3.05, 3.63) is 65.8 Å². The average Bonchev–Trinajstić information content (AvgIpc) is 3.88. The van der Waals surface area contributed by atoms with Gasteiger partial charge in [-0.05, 0) is 111 Å². The molecule has 266 valence electrons. The first-order valence-electron chi connectivity index (χ1n) is 18.3. The van der Waals surface area contributed by atoms with Gasteiger partial charge in [-0.1, -0.05) is 12.1 Å². The molecule has 11 heteroatoms. The van der Waals surface area contributed by atoms with Gasteiger partial charge >= 0.3 is 12.2 Å². The van der Waals surface area contributed by atoms with E-state index in [4.69, 9.17) is 19.4 Å². The zero-order chi connectivity index (χ0) is 35.2. The Bertz CT molecular complexity index is 1840. The Hall–Kier alpha value is -4.41. The van der Waals surface area contributed by atoms with Crippen molar-refractivity contribution in [1.82, 2.24) is 34.7 Å². The molecule has 0 unspecified atom stereocenters. The molecule has 2 amide bonds. The Labute approximate surface area is 294 Å². The van der Waals surface area contributed by atoms with Crippen LogP contribution in [0.15, 0.2) is 42.7 Å². The largest absolute Gasteiger partial charge is 0.444 e. The van der Waals surface area contributed by atoms with Crippen molar-refractivity contribution in [1.29, 1.82) is 0 Å². The molecule has 3 aromatic heterocycles. The maximum absolute atomic E-state index is 12.8. The van der Waals surface area contributed by atoms with Crippen molar-refractivity contribution in [3.63, 3.8) is 0 Å². The lowest BCUT2D eigenvalue weighted by atomic mass is 9.79. The highest BCUT2D eigenvalue weighted by atomic mass is 16.6. The van der Waals surface area contributed by atoms with E-state index in [-0.39, 0.29) is 24.3 Å². The van der Waals surface area contributed by atoms with Gasteiger partial charge in [0.1, 0.15) is 22.9 Å². The Balaban J connectivity index is 0.974. The van der Waals surface area contributed by atoms with Crippen molar-refractivity contribution in [2.24, 2.45) is 0 Å². The number of benzene rings is 1. The highest BCUT2D eigenvalue weighted by Gasteiger charge is 2.37. The van der Waals surface area contributed by atoms with Crippen molar-refractivity contribution < 1.29 is 19.1 Å². The molecular formula is C39H51N7O4. The molecule has 1 aliphatic carbocycles. The number of pyridine rings is 1. The topological polar surface area (TPSA) is 129 Å². The number of ether oxygens (including phenoxy) is 2. The zero-order valence-electron chi connectivity index (χ0n) is 30.3. The second-order valence-electron chi connectivity index (χ2n) is 16.3. The summed E-state index contributed by atoms with van der Waals surface area (Å²) in [7, 11) is 0. The van der Waals surface area contributed by atoms with Crippen LogP contribution in [0, 0.1) is 0 Å². The van der Waals surface area contributed by atoms with E-state index in [0.717, 1.165) is 90.9 Å². The van der Waals surface area contributed by atoms with Crippen LogP contribution in [0.25, 0.3) is 22.2 Å². The Morgan fingerprint density at radius 3 is 1.92 bits per heavy atom. The van der Waals surface area contributed by atoms with Crippen LogP contribution in [-0.4, -0.2) is 71.2 Å². The molecule has 2 aliphatic heterocycles. The number of carbonyl (C=O) groups excluding carboxylic acids is 2. The van der Waals surface area contributed by atoms with Gasteiger partial charge in [0, 0.05) is 53.5 Å². The molecule has 5 heterocycles. The van der Waals surface area contributed by atoms with Crippen molar-refractivity contribution in [2.45, 2.75) is 128 Å². The van der Waals surface area contributed by atoms with Gasteiger partial charge in [0.2, 0.25) is 0 Å². The first-order valence-corrected chi connectivity index (χ1v) is 18.3. The number of nitrogens with one attached hydrogen (secondary N) is 2. The number of imidazole rings is 2. The summed E-state index contributed by atoms with van der Waals surface area (Å²) in [5, 5.41) is 1.09. The summed E-state index contributed by atoms with van der Waals surface area (Å²) in [6.07, 6.45) is 11.2. The number of aromatic amines is 2. The summed E-state index contributed by atoms with van der Waals surface area (Å²) in [5.74, 6) is 2.50. The SMILES string of the molecule is CC(C)(C)OC(=O)N1CCC[C@H]1c1ncc(-c2ccc3nc(C4CCC(c5cnc([C@@H]6CCCN6C(=O)OC(C)(C)C)[nH]5)CC4)ccc3c2)[nH]1. The molecule has 2 atom stereocenters. The van der Waals surface area contributed by atoms with Crippen molar-refractivity contribution in [3.8, 4) is 11.3 Å². The molecule has 0 radical (unpaired) electrons. The van der Waals surface area contributed by atoms with Crippen LogP contribution in [0.5, 0.6) is 0 Å². The second kappa shape index (κ2) is 13.4. The van der Waals surface area contributed by atoms with Gasteiger partial charge in [-0.15, -0.1) is 0 Å². The number of aromatic nitrogens is 5. The average molecular weight is 682 g/mol. The van der Waals surface area contributed by atoms with Crippen LogP contribution in [0.4, 0.5) is 9.59 Å². The number of H-pyrrole nitrogens is 2. The maximum atomic E-state index is 12.8. The normalized spacial score (nSPS) is 23.1.